The monoisotopic (exact) mass is 661 g/mol. The van der Waals surface area contributed by atoms with Crippen molar-refractivity contribution in [1.29, 1.82) is 0 Å². The molecule has 3 heterocycles. The van der Waals surface area contributed by atoms with Crippen LogP contribution in [0.1, 0.15) is 66.3 Å². The largest absolute Gasteiger partial charge is 0.493 e. The van der Waals surface area contributed by atoms with Gasteiger partial charge in [-0.3, -0.25) is 14.9 Å². The highest BCUT2D eigenvalue weighted by molar-refractivity contribution is 6.39. The highest BCUT2D eigenvalue weighted by Crippen LogP contribution is 2.50. The number of anilines is 2. The Balaban J connectivity index is 1.35. The Morgan fingerprint density at radius 1 is 0.854 bits per heavy atom. The number of rotatable bonds is 7. The third kappa shape index (κ3) is 5.70. The van der Waals surface area contributed by atoms with Crippen LogP contribution in [0.25, 0.3) is 6.08 Å². The quantitative estimate of drug-likeness (QED) is 0.162. The zero-order chi connectivity index (χ0) is 33.5. The van der Waals surface area contributed by atoms with Crippen LogP contribution in [0, 0.1) is 0 Å². The summed E-state index contributed by atoms with van der Waals surface area (Å²) in [7, 11) is 1.49. The maximum atomic E-state index is 14.2. The number of barbiturate groups is 1. The number of halogens is 1. The molecule has 48 heavy (non-hydrogen) atoms. The number of carbonyl (C=O) groups excluding carboxylic acids is 3. The van der Waals surface area contributed by atoms with Crippen LogP contribution in [0.5, 0.6) is 11.5 Å². The van der Waals surface area contributed by atoms with Gasteiger partial charge >= 0.3 is 6.03 Å². The summed E-state index contributed by atoms with van der Waals surface area (Å²) in [6.45, 7) is 5.58. The lowest BCUT2D eigenvalue weighted by atomic mass is 9.76. The van der Waals surface area contributed by atoms with Crippen molar-refractivity contribution in [3.63, 3.8) is 0 Å². The number of carbonyl (C=O) groups is 3. The van der Waals surface area contributed by atoms with E-state index in [1.165, 1.54) is 30.0 Å². The van der Waals surface area contributed by atoms with Crippen molar-refractivity contribution < 1.29 is 23.9 Å². The first-order valence-corrected chi connectivity index (χ1v) is 16.6. The number of hydrogen-bond acceptors (Lipinski definition) is 6. The molecule has 4 aromatic carbocycles. The third-order valence-electron chi connectivity index (χ3n) is 9.28. The van der Waals surface area contributed by atoms with E-state index in [2.05, 4.69) is 34.5 Å². The van der Waals surface area contributed by atoms with Crippen LogP contribution in [0.4, 0.5) is 16.2 Å². The summed E-state index contributed by atoms with van der Waals surface area (Å²) in [5.74, 6) is -0.626. The van der Waals surface area contributed by atoms with E-state index < -0.39 is 17.8 Å². The molecule has 3 aliphatic rings. The maximum Gasteiger partial charge on any atom is 0.335 e. The molecular formula is C39H36ClN3O5. The number of urea groups is 1. The number of hydrogen-bond donors (Lipinski definition) is 1. The minimum atomic E-state index is -0.790. The molecule has 0 aliphatic carbocycles. The molecule has 0 saturated carbocycles. The second-order valence-electron chi connectivity index (χ2n) is 12.6. The van der Waals surface area contributed by atoms with Gasteiger partial charge < -0.3 is 14.4 Å². The lowest BCUT2D eigenvalue weighted by molar-refractivity contribution is -0.122. The van der Waals surface area contributed by atoms with E-state index >= 15 is 0 Å². The van der Waals surface area contributed by atoms with Crippen molar-refractivity contribution in [2.45, 2.75) is 44.6 Å². The topological polar surface area (TPSA) is 88.2 Å². The predicted molar refractivity (Wildman–Crippen MR) is 187 cm³/mol. The molecule has 0 aromatic heterocycles. The van der Waals surface area contributed by atoms with Gasteiger partial charge in [-0.1, -0.05) is 72.3 Å². The lowest BCUT2D eigenvalue weighted by Gasteiger charge is -2.44. The van der Waals surface area contributed by atoms with Gasteiger partial charge in [-0.2, -0.15) is 0 Å². The number of methoxy groups -OCH3 is 1. The van der Waals surface area contributed by atoms with E-state index in [-0.39, 0.29) is 28.5 Å². The number of imide groups is 2. The smallest absolute Gasteiger partial charge is 0.335 e. The summed E-state index contributed by atoms with van der Waals surface area (Å²) in [5, 5.41) is 2.66. The molecule has 0 radical (unpaired) electrons. The minimum Gasteiger partial charge on any atom is -0.493 e. The first kappa shape index (κ1) is 31.5. The fraction of sp³-hybridized carbons (Fsp3) is 0.256. The Kier molecular flexibility index (Phi) is 8.43. The van der Waals surface area contributed by atoms with Gasteiger partial charge in [0.15, 0.2) is 11.5 Å². The van der Waals surface area contributed by atoms with Crippen LogP contribution in [0.2, 0.25) is 5.02 Å². The van der Waals surface area contributed by atoms with Crippen LogP contribution in [-0.4, -0.2) is 44.1 Å². The lowest BCUT2D eigenvalue weighted by Crippen LogP contribution is -2.54. The molecule has 4 amide bonds. The predicted octanol–water partition coefficient (Wildman–Crippen LogP) is 7.68. The fourth-order valence-corrected chi connectivity index (χ4v) is 7.46. The number of amides is 4. The van der Waals surface area contributed by atoms with Gasteiger partial charge in [0.25, 0.3) is 11.8 Å². The SMILES string of the molecule is COc1cc(/C=C2\C(=O)NC(=O)N(c3cc4c5c(c3)[C@@H](c3ccccc3)CCN5CC[C@@H]4c3ccccc3)C2=O)cc(Cl)c1OC(C)C. The minimum absolute atomic E-state index is 0.0754. The second-order valence-corrected chi connectivity index (χ2v) is 13.0. The number of ether oxygens (including phenoxy) is 2. The first-order chi connectivity index (χ1) is 23.2. The van der Waals surface area contributed by atoms with E-state index in [4.69, 9.17) is 21.1 Å². The molecule has 1 fully saturated rings. The highest BCUT2D eigenvalue weighted by atomic mass is 35.5. The molecule has 0 bridgehead atoms. The zero-order valence-electron chi connectivity index (χ0n) is 27.0. The molecule has 9 heteroatoms. The summed E-state index contributed by atoms with van der Waals surface area (Å²) in [6.07, 6.45) is 3.08. The molecule has 4 aromatic rings. The van der Waals surface area contributed by atoms with Gasteiger partial charge in [-0.15, -0.1) is 0 Å². The third-order valence-corrected chi connectivity index (χ3v) is 9.56. The van der Waals surface area contributed by atoms with Gasteiger partial charge in [-0.05, 0) is 84.8 Å². The normalized spacial score (nSPS) is 19.8. The van der Waals surface area contributed by atoms with Crippen molar-refractivity contribution in [3.8, 4) is 11.5 Å². The van der Waals surface area contributed by atoms with Crippen LogP contribution >= 0.6 is 11.6 Å². The number of nitrogens with one attached hydrogen (secondary N) is 1. The molecule has 0 spiro atoms. The summed E-state index contributed by atoms with van der Waals surface area (Å²) >= 11 is 6.55. The van der Waals surface area contributed by atoms with E-state index in [1.807, 2.05) is 62.4 Å². The van der Waals surface area contributed by atoms with E-state index in [0.29, 0.717) is 22.7 Å². The van der Waals surface area contributed by atoms with Crippen LogP contribution < -0.4 is 24.6 Å². The van der Waals surface area contributed by atoms with Crippen molar-refractivity contribution in [3.05, 3.63) is 123 Å². The molecule has 1 N–H and O–H groups in total. The summed E-state index contributed by atoms with van der Waals surface area (Å²) in [4.78, 5) is 44.5. The molecule has 1 saturated heterocycles. The highest BCUT2D eigenvalue weighted by Gasteiger charge is 2.40. The standard InChI is InChI=1S/C39H36ClN3O5/c1-23(2)48-36-33(40)19-24(20-34(36)47-3)18-32-37(44)41-39(46)43(38(32)45)27-21-30-28(25-10-6-4-7-11-25)14-16-42-17-15-29(31(22-27)35(30)42)26-12-8-5-9-13-26/h4-13,18-23,28-29H,14-17H2,1-3H3,(H,41,44,46)/b32-18+/t28-,29-/m1/s1. The summed E-state index contributed by atoms with van der Waals surface area (Å²) in [5.41, 5.74) is 6.34. The van der Waals surface area contributed by atoms with E-state index in [0.717, 1.165) is 42.0 Å². The van der Waals surface area contributed by atoms with Crippen molar-refractivity contribution >= 4 is 46.9 Å². The number of nitrogens with zero attached hydrogens (tertiary/aromatic N) is 2. The summed E-state index contributed by atoms with van der Waals surface area (Å²) < 4.78 is 11.3. The average molecular weight is 662 g/mol. The van der Waals surface area contributed by atoms with Gasteiger partial charge in [0, 0.05) is 30.6 Å². The van der Waals surface area contributed by atoms with Crippen molar-refractivity contribution in [2.75, 3.05) is 30.0 Å². The molecule has 7 rings (SSSR count). The van der Waals surface area contributed by atoms with Gasteiger partial charge in [0.05, 0.1) is 23.9 Å². The Hall–Kier alpha value is -5.08. The Labute approximate surface area is 284 Å². The van der Waals surface area contributed by atoms with Crippen LogP contribution in [0.15, 0.2) is 90.5 Å². The Bertz CT molecular complexity index is 1870. The number of benzene rings is 4. The first-order valence-electron chi connectivity index (χ1n) is 16.2. The Morgan fingerprint density at radius 3 is 1.98 bits per heavy atom. The molecular weight excluding hydrogens is 626 g/mol. The van der Waals surface area contributed by atoms with E-state index in [1.54, 1.807) is 12.1 Å². The molecule has 0 unspecified atom stereocenters. The molecule has 244 valence electrons. The van der Waals surface area contributed by atoms with E-state index in [9.17, 15) is 14.4 Å². The maximum absolute atomic E-state index is 14.2. The molecule has 2 atom stereocenters. The molecule has 8 nitrogen and oxygen atoms in total. The van der Waals surface area contributed by atoms with Crippen molar-refractivity contribution in [1.82, 2.24) is 5.32 Å². The zero-order valence-corrected chi connectivity index (χ0v) is 27.8. The Morgan fingerprint density at radius 2 is 1.44 bits per heavy atom. The molecule has 3 aliphatic heterocycles. The van der Waals surface area contributed by atoms with Crippen molar-refractivity contribution in [2.24, 2.45) is 0 Å². The van der Waals surface area contributed by atoms with Gasteiger partial charge in [0.1, 0.15) is 5.57 Å². The van der Waals surface area contributed by atoms with Gasteiger partial charge in [0.2, 0.25) is 0 Å². The second kappa shape index (κ2) is 12.8. The van der Waals surface area contributed by atoms with Crippen LogP contribution in [-0.2, 0) is 9.59 Å². The fourth-order valence-electron chi connectivity index (χ4n) is 7.20. The van der Waals surface area contributed by atoms with Crippen LogP contribution in [0.3, 0.4) is 0 Å². The average Bonchev–Trinajstić information content (AvgIpc) is 3.08. The van der Waals surface area contributed by atoms with Gasteiger partial charge in [-0.25, -0.2) is 9.69 Å². The summed E-state index contributed by atoms with van der Waals surface area (Å²) in [6, 6.07) is 27.1.